The van der Waals surface area contributed by atoms with Crippen molar-refractivity contribution in [2.24, 2.45) is 11.3 Å². The van der Waals surface area contributed by atoms with E-state index in [2.05, 4.69) is 25.5 Å². The highest BCUT2D eigenvalue weighted by Gasteiger charge is 2.36. The lowest BCUT2D eigenvalue weighted by Crippen LogP contribution is -2.43. The number of rotatable bonds is 3. The van der Waals surface area contributed by atoms with Crippen molar-refractivity contribution in [3.05, 3.63) is 23.3 Å². The van der Waals surface area contributed by atoms with E-state index in [1.165, 1.54) is 0 Å². The van der Waals surface area contributed by atoms with Gasteiger partial charge in [0, 0.05) is 19.0 Å². The van der Waals surface area contributed by atoms with Gasteiger partial charge in [-0.05, 0) is 66.7 Å². The molecular weight excluding hydrogens is 348 g/mol. The number of nitrogens with zero attached hydrogens (tertiary/aromatic N) is 1. The third-order valence-electron chi connectivity index (χ3n) is 6.04. The Morgan fingerprint density at radius 3 is 2.50 bits per heavy atom. The van der Waals surface area contributed by atoms with Gasteiger partial charge in [-0.2, -0.15) is 0 Å². The molecule has 0 bridgehead atoms. The lowest BCUT2D eigenvalue weighted by Gasteiger charge is -2.39. The zero-order valence-corrected chi connectivity index (χ0v) is 16.7. The normalized spacial score (nSPS) is 27.5. The zero-order chi connectivity index (χ0) is 18.7. The van der Waals surface area contributed by atoms with E-state index in [1.54, 1.807) is 12.1 Å². The van der Waals surface area contributed by atoms with Crippen molar-refractivity contribution in [1.29, 1.82) is 0 Å². The summed E-state index contributed by atoms with van der Waals surface area (Å²) in [5, 5.41) is 0. The number of hydrogen-bond acceptors (Lipinski definition) is 3. The lowest BCUT2D eigenvalue weighted by atomic mass is 9.71. The SMILES string of the molecule is C[C@H]1C[C@@H](NS(=O)(=O)c2cc3c4c(c2)CCN4C(=O)CC3)CC(C)(C)C1. The van der Waals surface area contributed by atoms with Crippen molar-refractivity contribution >= 4 is 21.6 Å². The third kappa shape index (κ3) is 3.18. The Hall–Kier alpha value is -1.40. The summed E-state index contributed by atoms with van der Waals surface area (Å²) in [6.45, 7) is 7.31. The van der Waals surface area contributed by atoms with Crippen molar-refractivity contribution in [3.8, 4) is 0 Å². The number of carbonyl (C=O) groups excluding carboxylic acids is 1. The van der Waals surface area contributed by atoms with Gasteiger partial charge in [-0.25, -0.2) is 13.1 Å². The average molecular weight is 377 g/mol. The Morgan fingerprint density at radius 1 is 1.12 bits per heavy atom. The Kier molecular flexibility index (Phi) is 4.19. The molecule has 5 nitrogen and oxygen atoms in total. The van der Waals surface area contributed by atoms with E-state index in [0.29, 0.717) is 30.2 Å². The molecule has 2 aliphatic heterocycles. The predicted octanol–water partition coefficient (Wildman–Crippen LogP) is 3.02. The number of aryl methyl sites for hydroxylation is 1. The number of sulfonamides is 1. The molecule has 142 valence electrons. The fourth-order valence-electron chi connectivity index (χ4n) is 5.30. The van der Waals surface area contributed by atoms with E-state index in [-0.39, 0.29) is 17.4 Å². The van der Waals surface area contributed by atoms with Crippen molar-refractivity contribution in [3.63, 3.8) is 0 Å². The number of carbonyl (C=O) groups is 1. The summed E-state index contributed by atoms with van der Waals surface area (Å²) >= 11 is 0. The van der Waals surface area contributed by atoms with Crippen molar-refractivity contribution in [2.75, 3.05) is 11.4 Å². The molecule has 4 rings (SSSR count). The van der Waals surface area contributed by atoms with Gasteiger partial charge in [0.15, 0.2) is 0 Å². The van der Waals surface area contributed by atoms with Gasteiger partial charge in [0.25, 0.3) is 0 Å². The molecular formula is C20H28N2O3S. The maximum absolute atomic E-state index is 13.1. The molecule has 0 radical (unpaired) electrons. The van der Waals surface area contributed by atoms with Gasteiger partial charge < -0.3 is 4.90 Å². The first-order valence-corrected chi connectivity index (χ1v) is 11.1. The molecule has 1 aliphatic carbocycles. The maximum Gasteiger partial charge on any atom is 0.240 e. The molecule has 1 saturated carbocycles. The molecule has 0 saturated heterocycles. The number of nitrogens with one attached hydrogen (secondary N) is 1. The van der Waals surface area contributed by atoms with Gasteiger partial charge in [-0.15, -0.1) is 0 Å². The van der Waals surface area contributed by atoms with E-state index in [9.17, 15) is 13.2 Å². The van der Waals surface area contributed by atoms with Crippen LogP contribution in [0.15, 0.2) is 17.0 Å². The van der Waals surface area contributed by atoms with E-state index in [0.717, 1.165) is 42.5 Å². The number of benzene rings is 1. The van der Waals surface area contributed by atoms with Gasteiger partial charge >= 0.3 is 0 Å². The lowest BCUT2D eigenvalue weighted by molar-refractivity contribution is -0.118. The molecule has 3 aliphatic rings. The molecule has 0 spiro atoms. The molecule has 1 aromatic rings. The molecule has 0 unspecified atom stereocenters. The number of hydrogen-bond donors (Lipinski definition) is 1. The summed E-state index contributed by atoms with van der Waals surface area (Å²) < 4.78 is 29.1. The molecule has 1 amide bonds. The van der Waals surface area contributed by atoms with Gasteiger partial charge in [0.2, 0.25) is 15.9 Å². The van der Waals surface area contributed by atoms with Gasteiger partial charge in [-0.3, -0.25) is 4.79 Å². The van der Waals surface area contributed by atoms with Crippen LogP contribution in [0, 0.1) is 11.3 Å². The van der Waals surface area contributed by atoms with Gasteiger partial charge in [-0.1, -0.05) is 20.8 Å². The molecule has 2 atom stereocenters. The topological polar surface area (TPSA) is 66.5 Å². The summed E-state index contributed by atoms with van der Waals surface area (Å²) in [7, 11) is -3.55. The van der Waals surface area contributed by atoms with Crippen molar-refractivity contribution in [1.82, 2.24) is 4.72 Å². The highest BCUT2D eigenvalue weighted by atomic mass is 32.2. The van der Waals surface area contributed by atoms with Crippen LogP contribution >= 0.6 is 0 Å². The largest absolute Gasteiger partial charge is 0.312 e. The second kappa shape index (κ2) is 6.06. The molecule has 1 fully saturated rings. The Balaban J connectivity index is 1.62. The van der Waals surface area contributed by atoms with E-state index < -0.39 is 10.0 Å². The van der Waals surface area contributed by atoms with E-state index in [1.807, 2.05) is 4.90 Å². The van der Waals surface area contributed by atoms with Gasteiger partial charge in [0.1, 0.15) is 0 Å². The quantitative estimate of drug-likeness (QED) is 0.882. The number of anilines is 1. The first-order valence-electron chi connectivity index (χ1n) is 9.63. The second-order valence-electron chi connectivity index (χ2n) is 9.12. The molecule has 26 heavy (non-hydrogen) atoms. The number of amides is 1. The van der Waals surface area contributed by atoms with Crippen LogP contribution < -0.4 is 9.62 Å². The van der Waals surface area contributed by atoms with Crippen LogP contribution in [0.4, 0.5) is 5.69 Å². The zero-order valence-electron chi connectivity index (χ0n) is 15.8. The van der Waals surface area contributed by atoms with Crippen molar-refractivity contribution in [2.45, 2.75) is 70.2 Å². The minimum atomic E-state index is -3.55. The smallest absolute Gasteiger partial charge is 0.240 e. The molecule has 6 heteroatoms. The summed E-state index contributed by atoms with van der Waals surface area (Å²) in [6.07, 6.45) is 4.74. The maximum atomic E-state index is 13.1. The van der Waals surface area contributed by atoms with E-state index >= 15 is 0 Å². The first kappa shape index (κ1) is 18.0. The fraction of sp³-hybridized carbons (Fsp3) is 0.650. The second-order valence-corrected chi connectivity index (χ2v) is 10.8. The monoisotopic (exact) mass is 376 g/mol. The highest BCUT2D eigenvalue weighted by molar-refractivity contribution is 7.89. The first-order chi connectivity index (χ1) is 12.1. The van der Waals surface area contributed by atoms with Crippen LogP contribution in [0.5, 0.6) is 0 Å². The van der Waals surface area contributed by atoms with Crippen LogP contribution in [0.3, 0.4) is 0 Å². The van der Waals surface area contributed by atoms with Crippen molar-refractivity contribution < 1.29 is 13.2 Å². The molecule has 2 heterocycles. The van der Waals surface area contributed by atoms with E-state index in [4.69, 9.17) is 0 Å². The predicted molar refractivity (Wildman–Crippen MR) is 102 cm³/mol. The highest BCUT2D eigenvalue weighted by Crippen LogP contribution is 2.40. The fourth-order valence-corrected chi connectivity index (χ4v) is 6.65. The van der Waals surface area contributed by atoms with Gasteiger partial charge in [0.05, 0.1) is 10.6 Å². The van der Waals surface area contributed by atoms with Crippen LogP contribution in [0.2, 0.25) is 0 Å². The summed E-state index contributed by atoms with van der Waals surface area (Å²) in [5.74, 6) is 0.676. The van der Waals surface area contributed by atoms with Crippen LogP contribution in [0.25, 0.3) is 0 Å². The third-order valence-corrected chi connectivity index (χ3v) is 7.54. The molecule has 1 aromatic carbocycles. The summed E-state index contributed by atoms with van der Waals surface area (Å²) in [6, 6.07) is 3.54. The summed E-state index contributed by atoms with van der Waals surface area (Å²) in [4.78, 5) is 14.2. The Bertz CT molecular complexity index is 860. The standard InChI is InChI=1S/C20H28N2O3S/c1-13-8-16(12-20(2,3)11-13)21-26(24,25)17-9-14-4-5-18(23)22-7-6-15(10-17)19(14)22/h9-10,13,16,21H,4-8,11-12H2,1-3H3/t13-,16+/m0/s1. The molecule has 0 aromatic heterocycles. The van der Waals surface area contributed by atoms with Crippen LogP contribution in [0.1, 0.15) is 57.6 Å². The Labute approximate surface area is 156 Å². The summed E-state index contributed by atoms with van der Waals surface area (Å²) in [5.41, 5.74) is 3.12. The van der Waals surface area contributed by atoms with Crippen LogP contribution in [-0.2, 0) is 27.7 Å². The minimum absolute atomic E-state index is 0.0126. The molecule has 1 N–H and O–H groups in total. The minimum Gasteiger partial charge on any atom is -0.312 e. The Morgan fingerprint density at radius 2 is 1.81 bits per heavy atom. The average Bonchev–Trinajstić information content (AvgIpc) is 2.93. The van der Waals surface area contributed by atoms with Crippen LogP contribution in [-0.4, -0.2) is 26.9 Å².